The molecule has 6 nitrogen and oxygen atoms in total. The van der Waals surface area contributed by atoms with E-state index in [2.05, 4.69) is 13.8 Å². The van der Waals surface area contributed by atoms with Crippen LogP contribution in [0.15, 0.2) is 0 Å². The molecule has 0 bridgehead atoms. The van der Waals surface area contributed by atoms with Gasteiger partial charge in [-0.2, -0.15) is 0 Å². The topological polar surface area (TPSA) is 69.9 Å². The van der Waals surface area contributed by atoms with Crippen molar-refractivity contribution in [1.29, 1.82) is 0 Å². The Bertz CT molecular complexity index is 376. The van der Waals surface area contributed by atoms with Gasteiger partial charge in [0.2, 0.25) is 5.91 Å². The molecule has 0 aromatic rings. The highest BCUT2D eigenvalue weighted by atomic mass is 16.2. The van der Waals surface area contributed by atoms with Gasteiger partial charge in [0.25, 0.3) is 0 Å². The summed E-state index contributed by atoms with van der Waals surface area (Å²) in [6.07, 6.45) is 2.33. The maximum atomic E-state index is 12.5. The Morgan fingerprint density at radius 1 is 1.18 bits per heavy atom. The molecule has 22 heavy (non-hydrogen) atoms. The van der Waals surface area contributed by atoms with Gasteiger partial charge in [-0.1, -0.05) is 13.8 Å². The second-order valence-corrected chi connectivity index (χ2v) is 6.89. The lowest BCUT2D eigenvalue weighted by Gasteiger charge is -2.34. The normalized spacial score (nSPS) is 17.5. The minimum atomic E-state index is 0.0298. The van der Waals surface area contributed by atoms with Gasteiger partial charge in [-0.3, -0.25) is 4.79 Å². The van der Waals surface area contributed by atoms with Crippen LogP contribution < -0.4 is 5.73 Å². The van der Waals surface area contributed by atoms with Gasteiger partial charge in [0.05, 0.1) is 0 Å². The van der Waals surface area contributed by atoms with E-state index in [4.69, 9.17) is 5.73 Å². The van der Waals surface area contributed by atoms with E-state index in [1.54, 1.807) is 23.9 Å². The average molecular weight is 312 g/mol. The van der Waals surface area contributed by atoms with Gasteiger partial charge in [0.1, 0.15) is 0 Å². The van der Waals surface area contributed by atoms with Gasteiger partial charge in [-0.25, -0.2) is 4.79 Å². The van der Waals surface area contributed by atoms with Crippen molar-refractivity contribution in [3.05, 3.63) is 0 Å². The second-order valence-electron chi connectivity index (χ2n) is 6.89. The fourth-order valence-corrected chi connectivity index (χ4v) is 2.70. The zero-order chi connectivity index (χ0) is 16.9. The third kappa shape index (κ3) is 5.16. The largest absolute Gasteiger partial charge is 0.345 e. The predicted molar refractivity (Wildman–Crippen MR) is 88.4 cm³/mol. The summed E-state index contributed by atoms with van der Waals surface area (Å²) in [4.78, 5) is 29.6. The minimum Gasteiger partial charge on any atom is -0.345 e. The van der Waals surface area contributed by atoms with Crippen molar-refractivity contribution in [2.24, 2.45) is 17.6 Å². The third-order valence-corrected chi connectivity index (χ3v) is 4.53. The molecule has 1 saturated heterocycles. The van der Waals surface area contributed by atoms with Gasteiger partial charge >= 0.3 is 6.03 Å². The van der Waals surface area contributed by atoms with E-state index in [0.29, 0.717) is 25.6 Å². The molecule has 3 amide bonds. The van der Waals surface area contributed by atoms with E-state index in [1.165, 1.54) is 0 Å². The summed E-state index contributed by atoms with van der Waals surface area (Å²) in [6, 6.07) is 0.164. The molecule has 0 aromatic heterocycles. The molecule has 1 heterocycles. The van der Waals surface area contributed by atoms with E-state index >= 15 is 0 Å². The Hall–Kier alpha value is -1.30. The fourth-order valence-electron chi connectivity index (χ4n) is 2.70. The van der Waals surface area contributed by atoms with Gasteiger partial charge in [-0.15, -0.1) is 0 Å². The molecule has 0 aromatic carbocycles. The molecular weight excluding hydrogens is 280 g/mol. The monoisotopic (exact) mass is 312 g/mol. The summed E-state index contributed by atoms with van der Waals surface area (Å²) in [5.74, 6) is 0.656. The number of rotatable bonds is 5. The standard InChI is InChI=1S/C16H32N4O2/c1-12(2)14(17)8-9-19(5)15(21)13-6-10-20(11-7-13)16(22)18(3)4/h12-14H,6-11,17H2,1-5H3. The molecule has 1 unspecified atom stereocenters. The molecule has 0 spiro atoms. The zero-order valence-electron chi connectivity index (χ0n) is 14.7. The highest BCUT2D eigenvalue weighted by molar-refractivity contribution is 5.79. The minimum absolute atomic E-state index is 0.0298. The highest BCUT2D eigenvalue weighted by Crippen LogP contribution is 2.20. The predicted octanol–water partition coefficient (Wildman–Crippen LogP) is 1.21. The molecule has 1 rings (SSSR count). The van der Waals surface area contributed by atoms with Gasteiger partial charge in [-0.05, 0) is 25.2 Å². The maximum absolute atomic E-state index is 12.5. The van der Waals surface area contributed by atoms with Crippen molar-refractivity contribution in [1.82, 2.24) is 14.7 Å². The number of hydrogen-bond donors (Lipinski definition) is 1. The molecule has 128 valence electrons. The number of amides is 3. The van der Waals surface area contributed by atoms with Crippen molar-refractivity contribution >= 4 is 11.9 Å². The molecule has 0 aliphatic carbocycles. The third-order valence-electron chi connectivity index (χ3n) is 4.53. The number of hydrogen-bond acceptors (Lipinski definition) is 3. The van der Waals surface area contributed by atoms with Crippen LogP contribution in [-0.2, 0) is 4.79 Å². The number of carbonyl (C=O) groups excluding carboxylic acids is 2. The van der Waals surface area contributed by atoms with Crippen LogP contribution in [0, 0.1) is 11.8 Å². The smallest absolute Gasteiger partial charge is 0.319 e. The molecule has 1 fully saturated rings. The summed E-state index contributed by atoms with van der Waals surface area (Å²) in [6.45, 7) is 6.22. The van der Waals surface area contributed by atoms with Crippen LogP contribution in [0.5, 0.6) is 0 Å². The van der Waals surface area contributed by atoms with Crippen molar-refractivity contribution in [2.75, 3.05) is 40.8 Å². The molecule has 2 N–H and O–H groups in total. The first-order chi connectivity index (χ1) is 10.2. The van der Waals surface area contributed by atoms with E-state index in [9.17, 15) is 9.59 Å². The zero-order valence-corrected chi connectivity index (χ0v) is 14.7. The Labute approximate surface area is 134 Å². The highest BCUT2D eigenvalue weighted by Gasteiger charge is 2.29. The van der Waals surface area contributed by atoms with Gasteiger partial charge < -0.3 is 20.4 Å². The average Bonchev–Trinajstić information content (AvgIpc) is 2.50. The van der Waals surface area contributed by atoms with Crippen molar-refractivity contribution in [3.8, 4) is 0 Å². The Morgan fingerprint density at radius 3 is 2.18 bits per heavy atom. The number of urea groups is 1. The fraction of sp³-hybridized carbons (Fsp3) is 0.875. The Kier molecular flexibility index (Phi) is 7.13. The van der Waals surface area contributed by atoms with E-state index in [0.717, 1.165) is 19.3 Å². The Balaban J connectivity index is 2.40. The summed E-state index contributed by atoms with van der Waals surface area (Å²) in [5.41, 5.74) is 6.04. The van der Waals surface area contributed by atoms with Crippen LogP contribution >= 0.6 is 0 Å². The lowest BCUT2D eigenvalue weighted by atomic mass is 9.95. The maximum Gasteiger partial charge on any atom is 0.319 e. The summed E-state index contributed by atoms with van der Waals surface area (Å²) in [5, 5.41) is 0. The van der Waals surface area contributed by atoms with Crippen molar-refractivity contribution < 1.29 is 9.59 Å². The van der Waals surface area contributed by atoms with E-state index in [1.807, 2.05) is 11.9 Å². The molecule has 1 atom stereocenters. The molecule has 0 radical (unpaired) electrons. The van der Waals surface area contributed by atoms with Crippen LogP contribution in [0.2, 0.25) is 0 Å². The molecule has 1 aliphatic heterocycles. The van der Waals surface area contributed by atoms with Crippen molar-refractivity contribution in [2.45, 2.75) is 39.2 Å². The first-order valence-electron chi connectivity index (χ1n) is 8.20. The van der Waals surface area contributed by atoms with Crippen LogP contribution in [0.25, 0.3) is 0 Å². The van der Waals surface area contributed by atoms with Crippen LogP contribution in [0.3, 0.4) is 0 Å². The van der Waals surface area contributed by atoms with E-state index in [-0.39, 0.29) is 23.9 Å². The molecule has 0 saturated carbocycles. The molecule has 6 heteroatoms. The quantitative estimate of drug-likeness (QED) is 0.829. The molecular formula is C16H32N4O2. The first kappa shape index (κ1) is 18.7. The lowest BCUT2D eigenvalue weighted by Crippen LogP contribution is -2.47. The number of nitrogens with two attached hydrogens (primary N) is 1. The van der Waals surface area contributed by atoms with E-state index < -0.39 is 0 Å². The van der Waals surface area contributed by atoms with Crippen molar-refractivity contribution in [3.63, 3.8) is 0 Å². The van der Waals surface area contributed by atoms with Gasteiger partial charge in [0.15, 0.2) is 0 Å². The number of likely N-dealkylation sites (tertiary alicyclic amines) is 1. The van der Waals surface area contributed by atoms with Crippen LogP contribution in [0.1, 0.15) is 33.1 Å². The summed E-state index contributed by atoms with van der Waals surface area (Å²) < 4.78 is 0. The lowest BCUT2D eigenvalue weighted by molar-refractivity contribution is -0.135. The first-order valence-corrected chi connectivity index (χ1v) is 8.20. The second kappa shape index (κ2) is 8.36. The van der Waals surface area contributed by atoms with Crippen LogP contribution in [0.4, 0.5) is 4.79 Å². The number of carbonyl (C=O) groups is 2. The SMILES string of the molecule is CC(C)C(N)CCN(C)C(=O)C1CCN(C(=O)N(C)C)CC1. The van der Waals surface area contributed by atoms with Crippen LogP contribution in [-0.4, -0.2) is 73.5 Å². The summed E-state index contributed by atoms with van der Waals surface area (Å²) >= 11 is 0. The van der Waals surface area contributed by atoms with Gasteiger partial charge in [0, 0.05) is 52.7 Å². The summed E-state index contributed by atoms with van der Waals surface area (Å²) in [7, 11) is 5.36. The molecule has 1 aliphatic rings. The number of nitrogens with zero attached hydrogens (tertiary/aromatic N) is 3. The Morgan fingerprint density at radius 2 is 1.73 bits per heavy atom. The number of piperidine rings is 1.